The van der Waals surface area contributed by atoms with Gasteiger partial charge in [-0.3, -0.25) is 4.90 Å². The third kappa shape index (κ3) is 4.06. The van der Waals surface area contributed by atoms with Gasteiger partial charge in [0.25, 0.3) is 0 Å². The van der Waals surface area contributed by atoms with Crippen molar-refractivity contribution >= 4 is 18.2 Å². The van der Waals surface area contributed by atoms with Gasteiger partial charge < -0.3 is 19.5 Å². The lowest BCUT2D eigenvalue weighted by Crippen LogP contribution is -2.46. The number of carboxylic acid groups (broad SMARTS) is 1. The largest absolute Gasteiger partial charge is 0.507 e. The van der Waals surface area contributed by atoms with Crippen LogP contribution in [0.3, 0.4) is 0 Å². The van der Waals surface area contributed by atoms with Crippen molar-refractivity contribution in [3.05, 3.63) is 71.8 Å². The molecule has 2 atom stereocenters. The van der Waals surface area contributed by atoms with E-state index in [2.05, 4.69) is 0 Å². The summed E-state index contributed by atoms with van der Waals surface area (Å²) in [5.41, 5.74) is 1.57. The number of carbonyl (C=O) groups is 3. The summed E-state index contributed by atoms with van der Waals surface area (Å²) in [5, 5.41) is 9.16. The molecule has 0 aromatic heterocycles. The maximum absolute atomic E-state index is 13.1. The molecule has 1 N–H and O–H groups in total. The second-order valence-electron chi connectivity index (χ2n) is 6.25. The predicted molar refractivity (Wildman–Crippen MR) is 98.1 cm³/mol. The van der Waals surface area contributed by atoms with Crippen LogP contribution in [-0.4, -0.2) is 52.4 Å². The van der Waals surface area contributed by atoms with Gasteiger partial charge in [-0.05, 0) is 11.1 Å². The van der Waals surface area contributed by atoms with Crippen LogP contribution in [0.25, 0.3) is 0 Å². The molecular weight excluding hydrogens is 364 g/mol. The quantitative estimate of drug-likeness (QED) is 0.769. The van der Waals surface area contributed by atoms with Crippen LogP contribution in [0.15, 0.2) is 60.7 Å². The van der Waals surface area contributed by atoms with E-state index >= 15 is 0 Å². The highest BCUT2D eigenvalue weighted by molar-refractivity contribution is 5.88. The Labute approximate surface area is 161 Å². The lowest BCUT2D eigenvalue weighted by molar-refractivity contribution is -0.150. The molecule has 1 saturated heterocycles. The summed E-state index contributed by atoms with van der Waals surface area (Å²) in [4.78, 5) is 39.3. The molecule has 0 unspecified atom stereocenters. The predicted octanol–water partition coefficient (Wildman–Crippen LogP) is 2.69. The van der Waals surface area contributed by atoms with Gasteiger partial charge in [0.2, 0.25) is 6.23 Å². The summed E-state index contributed by atoms with van der Waals surface area (Å²) in [7, 11) is 1.19. The molecule has 8 heteroatoms. The standard InChI is InChI=1S/C20H20N2O6/c1-27-18(23)16-17(28-20(25)26)22(13-15-10-6-3-7-11-15)19(24)21(16)12-14-8-4-2-5-9-14/h2-11,16-17H,12-13H2,1H3,(H,25,26)/t16-,17+/m0/s1. The van der Waals surface area contributed by atoms with Crippen LogP contribution in [-0.2, 0) is 27.4 Å². The summed E-state index contributed by atoms with van der Waals surface area (Å²) >= 11 is 0. The average molecular weight is 384 g/mol. The fourth-order valence-electron chi connectivity index (χ4n) is 3.20. The van der Waals surface area contributed by atoms with Crippen LogP contribution in [0, 0.1) is 0 Å². The smallest absolute Gasteiger partial charge is 0.467 e. The van der Waals surface area contributed by atoms with Crippen LogP contribution in [0.5, 0.6) is 0 Å². The highest BCUT2D eigenvalue weighted by Crippen LogP contribution is 2.29. The third-order valence-electron chi connectivity index (χ3n) is 4.46. The molecule has 3 rings (SSSR count). The van der Waals surface area contributed by atoms with Crippen molar-refractivity contribution in [3.63, 3.8) is 0 Å². The number of amides is 2. The summed E-state index contributed by atoms with van der Waals surface area (Å²) in [6.45, 7) is 0.209. The van der Waals surface area contributed by atoms with Crippen molar-refractivity contribution < 1.29 is 29.0 Å². The Morgan fingerprint density at radius 3 is 1.89 bits per heavy atom. The summed E-state index contributed by atoms with van der Waals surface area (Å²) < 4.78 is 9.78. The molecule has 2 amide bonds. The number of ether oxygens (including phenoxy) is 2. The van der Waals surface area contributed by atoms with Gasteiger partial charge in [0, 0.05) is 6.54 Å². The van der Waals surface area contributed by atoms with Crippen LogP contribution in [0.4, 0.5) is 9.59 Å². The highest BCUT2D eigenvalue weighted by atomic mass is 16.7. The zero-order valence-corrected chi connectivity index (χ0v) is 15.2. The van der Waals surface area contributed by atoms with E-state index < -0.39 is 30.4 Å². The summed E-state index contributed by atoms with van der Waals surface area (Å²) in [6.07, 6.45) is -2.90. The summed E-state index contributed by atoms with van der Waals surface area (Å²) in [6, 6.07) is 16.4. The Morgan fingerprint density at radius 2 is 1.43 bits per heavy atom. The molecular formula is C20H20N2O6. The maximum atomic E-state index is 13.1. The molecule has 2 aromatic carbocycles. The van der Waals surface area contributed by atoms with E-state index in [1.165, 1.54) is 16.9 Å². The van der Waals surface area contributed by atoms with E-state index in [4.69, 9.17) is 14.6 Å². The number of nitrogens with zero attached hydrogens (tertiary/aromatic N) is 2. The monoisotopic (exact) mass is 384 g/mol. The molecule has 1 fully saturated rings. The Kier molecular flexibility index (Phi) is 5.78. The minimum absolute atomic E-state index is 0.0937. The van der Waals surface area contributed by atoms with Gasteiger partial charge in [-0.15, -0.1) is 0 Å². The van der Waals surface area contributed by atoms with Crippen molar-refractivity contribution in [2.75, 3.05) is 7.11 Å². The molecule has 0 aliphatic carbocycles. The van der Waals surface area contributed by atoms with Crippen molar-refractivity contribution in [1.29, 1.82) is 0 Å². The fraction of sp³-hybridized carbons (Fsp3) is 0.250. The van der Waals surface area contributed by atoms with Crippen molar-refractivity contribution in [3.8, 4) is 0 Å². The number of hydrogen-bond donors (Lipinski definition) is 1. The van der Waals surface area contributed by atoms with E-state index in [1.54, 1.807) is 12.1 Å². The van der Waals surface area contributed by atoms with Crippen LogP contribution < -0.4 is 0 Å². The Bertz CT molecular complexity index is 842. The van der Waals surface area contributed by atoms with Crippen molar-refractivity contribution in [2.24, 2.45) is 0 Å². The number of rotatable bonds is 6. The van der Waals surface area contributed by atoms with Crippen molar-refractivity contribution in [2.45, 2.75) is 25.4 Å². The van der Waals surface area contributed by atoms with Gasteiger partial charge in [-0.25, -0.2) is 14.4 Å². The Balaban J connectivity index is 1.96. The zero-order chi connectivity index (χ0) is 20.1. The normalized spacial score (nSPS) is 18.8. The number of esters is 1. The first-order valence-corrected chi connectivity index (χ1v) is 8.63. The number of urea groups is 1. The minimum Gasteiger partial charge on any atom is -0.467 e. The highest BCUT2D eigenvalue weighted by Gasteiger charge is 2.52. The molecule has 28 heavy (non-hydrogen) atoms. The number of methoxy groups -OCH3 is 1. The number of benzene rings is 2. The van der Waals surface area contributed by atoms with Crippen LogP contribution >= 0.6 is 0 Å². The second kappa shape index (κ2) is 8.43. The molecule has 0 spiro atoms. The van der Waals surface area contributed by atoms with Gasteiger partial charge >= 0.3 is 18.2 Å². The van der Waals surface area contributed by atoms with Crippen molar-refractivity contribution in [1.82, 2.24) is 9.80 Å². The van der Waals surface area contributed by atoms with Gasteiger partial charge in [-0.2, -0.15) is 0 Å². The number of carbonyl (C=O) groups excluding carboxylic acids is 2. The van der Waals surface area contributed by atoms with Crippen LogP contribution in [0.2, 0.25) is 0 Å². The molecule has 146 valence electrons. The lowest BCUT2D eigenvalue weighted by Gasteiger charge is -2.24. The first-order valence-electron chi connectivity index (χ1n) is 8.63. The van der Waals surface area contributed by atoms with Gasteiger partial charge in [-0.1, -0.05) is 60.7 Å². The molecule has 1 aliphatic rings. The molecule has 0 saturated carbocycles. The minimum atomic E-state index is -1.58. The Morgan fingerprint density at radius 1 is 0.929 bits per heavy atom. The maximum Gasteiger partial charge on any atom is 0.507 e. The first kappa shape index (κ1) is 19.2. The zero-order valence-electron chi connectivity index (χ0n) is 15.2. The van der Waals surface area contributed by atoms with E-state index in [9.17, 15) is 14.4 Å². The fourth-order valence-corrected chi connectivity index (χ4v) is 3.20. The van der Waals surface area contributed by atoms with Gasteiger partial charge in [0.15, 0.2) is 6.04 Å². The van der Waals surface area contributed by atoms with Gasteiger partial charge in [0.1, 0.15) is 0 Å². The molecule has 8 nitrogen and oxygen atoms in total. The third-order valence-corrected chi connectivity index (χ3v) is 4.46. The number of hydrogen-bond acceptors (Lipinski definition) is 5. The molecule has 2 aromatic rings. The lowest BCUT2D eigenvalue weighted by atomic mass is 10.1. The summed E-state index contributed by atoms with van der Waals surface area (Å²) in [5.74, 6) is -0.744. The second-order valence-corrected chi connectivity index (χ2v) is 6.25. The van der Waals surface area contributed by atoms with Crippen LogP contribution in [0.1, 0.15) is 11.1 Å². The average Bonchev–Trinajstić information content (AvgIpc) is 2.94. The van der Waals surface area contributed by atoms with E-state index in [-0.39, 0.29) is 13.1 Å². The molecule has 1 aliphatic heterocycles. The van der Waals surface area contributed by atoms with E-state index in [1.807, 2.05) is 48.5 Å². The van der Waals surface area contributed by atoms with Gasteiger partial charge in [0.05, 0.1) is 13.7 Å². The SMILES string of the molecule is COC(=O)[C@@H]1[C@@H](OC(=O)O)N(Cc2ccccc2)C(=O)N1Cc1ccccc1. The van der Waals surface area contributed by atoms with E-state index in [0.29, 0.717) is 0 Å². The molecule has 1 heterocycles. The Hall–Kier alpha value is -3.55. The topological polar surface area (TPSA) is 96.4 Å². The first-order chi connectivity index (χ1) is 13.5. The molecule has 0 radical (unpaired) electrons. The molecule has 0 bridgehead atoms. The van der Waals surface area contributed by atoms with E-state index in [0.717, 1.165) is 11.1 Å².